The van der Waals surface area contributed by atoms with Crippen LogP contribution in [0.3, 0.4) is 0 Å². The highest BCUT2D eigenvalue weighted by atomic mass is 35.5. The van der Waals surface area contributed by atoms with Gasteiger partial charge in [-0.1, -0.05) is 17.7 Å². The summed E-state index contributed by atoms with van der Waals surface area (Å²) in [5.41, 5.74) is 9.01. The molecule has 0 aromatic heterocycles. The van der Waals surface area contributed by atoms with E-state index in [1.54, 1.807) is 37.4 Å². The summed E-state index contributed by atoms with van der Waals surface area (Å²) in [4.78, 5) is 12.5. The molecule has 0 unspecified atom stereocenters. The third kappa shape index (κ3) is 2.49. The van der Waals surface area contributed by atoms with Gasteiger partial charge in [-0.05, 0) is 49.2 Å². The quantitative estimate of drug-likeness (QED) is 0.691. The third-order valence-corrected chi connectivity index (χ3v) is 3.55. The summed E-state index contributed by atoms with van der Waals surface area (Å²) in [6.07, 6.45) is 0. The number of carbonyl (C=O) groups is 1. The minimum atomic E-state index is -0.140. The van der Waals surface area contributed by atoms with Crippen LogP contribution in [0.1, 0.15) is 27.0 Å². The van der Waals surface area contributed by atoms with Crippen molar-refractivity contribution in [3.05, 3.63) is 57.6 Å². The number of para-hydroxylation sites is 1. The molecule has 104 valence electrons. The normalized spacial score (nSPS) is 10.4. The van der Waals surface area contributed by atoms with E-state index < -0.39 is 0 Å². The molecule has 3 nitrogen and oxygen atoms in total. The number of carbonyl (C=O) groups excluding carboxylic acids is 1. The second-order valence-electron chi connectivity index (χ2n) is 4.67. The van der Waals surface area contributed by atoms with E-state index in [4.69, 9.17) is 22.1 Å². The number of rotatable bonds is 3. The molecule has 0 bridgehead atoms. The van der Waals surface area contributed by atoms with E-state index in [-0.39, 0.29) is 5.78 Å². The molecule has 0 atom stereocenters. The zero-order valence-electron chi connectivity index (χ0n) is 11.7. The van der Waals surface area contributed by atoms with Gasteiger partial charge in [0.05, 0.1) is 17.8 Å². The molecule has 2 rings (SSSR count). The van der Waals surface area contributed by atoms with E-state index in [1.807, 2.05) is 13.8 Å². The fraction of sp³-hybridized carbons (Fsp3) is 0.188. The Morgan fingerprint density at radius 1 is 1.20 bits per heavy atom. The monoisotopic (exact) mass is 289 g/mol. The van der Waals surface area contributed by atoms with E-state index in [0.717, 1.165) is 16.9 Å². The highest BCUT2D eigenvalue weighted by Crippen LogP contribution is 2.28. The minimum absolute atomic E-state index is 0.140. The average Bonchev–Trinajstić information content (AvgIpc) is 2.41. The Hall–Kier alpha value is -2.00. The van der Waals surface area contributed by atoms with Crippen LogP contribution in [0.2, 0.25) is 5.02 Å². The third-order valence-electron chi connectivity index (χ3n) is 3.22. The summed E-state index contributed by atoms with van der Waals surface area (Å²) in [6.45, 7) is 3.81. The molecule has 0 amide bonds. The fourth-order valence-corrected chi connectivity index (χ4v) is 2.47. The molecule has 0 saturated carbocycles. The van der Waals surface area contributed by atoms with Crippen LogP contribution in [0, 0.1) is 13.8 Å². The predicted octanol–water partition coefficient (Wildman–Crippen LogP) is 3.78. The molecule has 0 saturated heterocycles. The van der Waals surface area contributed by atoms with Gasteiger partial charge in [-0.3, -0.25) is 4.79 Å². The maximum absolute atomic E-state index is 12.5. The Labute approximate surface area is 123 Å². The lowest BCUT2D eigenvalue weighted by atomic mass is 9.97. The number of nitrogen functional groups attached to an aromatic ring is 1. The van der Waals surface area contributed by atoms with Crippen molar-refractivity contribution in [1.29, 1.82) is 0 Å². The van der Waals surface area contributed by atoms with E-state index in [9.17, 15) is 4.79 Å². The Bertz CT molecular complexity index is 657. The zero-order valence-corrected chi connectivity index (χ0v) is 12.4. The minimum Gasteiger partial charge on any atom is -0.496 e. The molecule has 0 radical (unpaired) electrons. The van der Waals surface area contributed by atoms with Crippen molar-refractivity contribution >= 4 is 23.1 Å². The van der Waals surface area contributed by atoms with E-state index in [2.05, 4.69) is 0 Å². The first kappa shape index (κ1) is 14.4. The van der Waals surface area contributed by atoms with Gasteiger partial charge in [0.1, 0.15) is 5.75 Å². The summed E-state index contributed by atoms with van der Waals surface area (Å²) >= 11 is 5.96. The molecule has 0 aliphatic carbocycles. The number of hydrogen-bond acceptors (Lipinski definition) is 3. The molecule has 0 aliphatic heterocycles. The molecular weight excluding hydrogens is 274 g/mol. The number of halogens is 1. The van der Waals surface area contributed by atoms with Crippen molar-refractivity contribution in [3.8, 4) is 5.75 Å². The molecular formula is C16H16ClNO2. The van der Waals surface area contributed by atoms with Gasteiger partial charge in [-0.2, -0.15) is 0 Å². The van der Waals surface area contributed by atoms with Crippen molar-refractivity contribution in [3.63, 3.8) is 0 Å². The number of ketones is 1. The molecule has 2 aromatic rings. The highest BCUT2D eigenvalue weighted by molar-refractivity contribution is 6.34. The Balaban J connectivity index is 2.52. The number of methoxy groups -OCH3 is 1. The fourth-order valence-electron chi connectivity index (χ4n) is 2.29. The number of ether oxygens (including phenoxy) is 1. The summed E-state index contributed by atoms with van der Waals surface area (Å²) in [7, 11) is 1.62. The SMILES string of the molecule is COc1c(C)cc(C(=O)c2cccc(Cl)c2N)cc1C. The predicted molar refractivity (Wildman–Crippen MR) is 81.8 cm³/mol. The summed E-state index contributed by atoms with van der Waals surface area (Å²) in [5, 5.41) is 0.387. The van der Waals surface area contributed by atoms with Gasteiger partial charge in [-0.15, -0.1) is 0 Å². The Morgan fingerprint density at radius 2 is 1.80 bits per heavy atom. The maximum Gasteiger partial charge on any atom is 0.195 e. The molecule has 0 aliphatic rings. The second kappa shape index (κ2) is 5.55. The van der Waals surface area contributed by atoms with Crippen LogP contribution in [0.4, 0.5) is 5.69 Å². The summed E-state index contributed by atoms with van der Waals surface area (Å²) in [6, 6.07) is 8.66. The van der Waals surface area contributed by atoms with Gasteiger partial charge >= 0.3 is 0 Å². The van der Waals surface area contributed by atoms with Crippen LogP contribution in [0.15, 0.2) is 30.3 Å². The molecule has 0 spiro atoms. The lowest BCUT2D eigenvalue weighted by Crippen LogP contribution is -2.07. The first-order chi connectivity index (χ1) is 9.45. The van der Waals surface area contributed by atoms with Gasteiger partial charge in [0, 0.05) is 11.1 Å². The van der Waals surface area contributed by atoms with Crippen LogP contribution in [0.25, 0.3) is 0 Å². The number of benzene rings is 2. The molecule has 20 heavy (non-hydrogen) atoms. The summed E-state index contributed by atoms with van der Waals surface area (Å²) in [5.74, 6) is 0.652. The smallest absolute Gasteiger partial charge is 0.195 e. The summed E-state index contributed by atoms with van der Waals surface area (Å²) < 4.78 is 5.30. The van der Waals surface area contributed by atoms with Gasteiger partial charge in [0.15, 0.2) is 5.78 Å². The largest absolute Gasteiger partial charge is 0.496 e. The van der Waals surface area contributed by atoms with Crippen LogP contribution in [-0.2, 0) is 0 Å². The number of anilines is 1. The van der Waals surface area contributed by atoms with Crippen molar-refractivity contribution in [1.82, 2.24) is 0 Å². The average molecular weight is 290 g/mol. The van der Waals surface area contributed by atoms with E-state index >= 15 is 0 Å². The van der Waals surface area contributed by atoms with E-state index in [0.29, 0.717) is 21.8 Å². The lowest BCUT2D eigenvalue weighted by molar-refractivity contribution is 0.103. The van der Waals surface area contributed by atoms with Crippen LogP contribution < -0.4 is 10.5 Å². The standard InChI is InChI=1S/C16H16ClNO2/c1-9-7-11(8-10(2)16(9)20-3)15(19)12-5-4-6-13(17)14(12)18/h4-8H,18H2,1-3H3. The van der Waals surface area contributed by atoms with Gasteiger partial charge < -0.3 is 10.5 Å². The molecule has 2 aromatic carbocycles. The van der Waals surface area contributed by atoms with Crippen molar-refractivity contribution < 1.29 is 9.53 Å². The lowest BCUT2D eigenvalue weighted by Gasteiger charge is -2.12. The van der Waals surface area contributed by atoms with Crippen LogP contribution in [-0.4, -0.2) is 12.9 Å². The van der Waals surface area contributed by atoms with Crippen LogP contribution >= 0.6 is 11.6 Å². The molecule has 2 N–H and O–H groups in total. The van der Waals surface area contributed by atoms with Crippen molar-refractivity contribution in [2.75, 3.05) is 12.8 Å². The van der Waals surface area contributed by atoms with Crippen molar-refractivity contribution in [2.24, 2.45) is 0 Å². The van der Waals surface area contributed by atoms with Gasteiger partial charge in [0.2, 0.25) is 0 Å². The maximum atomic E-state index is 12.5. The first-order valence-electron chi connectivity index (χ1n) is 6.19. The van der Waals surface area contributed by atoms with Gasteiger partial charge in [-0.25, -0.2) is 0 Å². The Morgan fingerprint density at radius 3 is 2.35 bits per heavy atom. The topological polar surface area (TPSA) is 52.3 Å². The molecule has 0 heterocycles. The zero-order chi connectivity index (χ0) is 14.9. The number of nitrogens with two attached hydrogens (primary N) is 1. The second-order valence-corrected chi connectivity index (χ2v) is 5.08. The number of hydrogen-bond donors (Lipinski definition) is 1. The Kier molecular flexibility index (Phi) is 4.00. The molecule has 0 fully saturated rings. The van der Waals surface area contributed by atoms with Crippen molar-refractivity contribution in [2.45, 2.75) is 13.8 Å². The van der Waals surface area contributed by atoms with E-state index in [1.165, 1.54) is 0 Å². The highest BCUT2D eigenvalue weighted by Gasteiger charge is 2.16. The number of aryl methyl sites for hydroxylation is 2. The van der Waals surface area contributed by atoms with Crippen LogP contribution in [0.5, 0.6) is 5.75 Å². The molecule has 4 heteroatoms. The first-order valence-corrected chi connectivity index (χ1v) is 6.57. The van der Waals surface area contributed by atoms with Gasteiger partial charge in [0.25, 0.3) is 0 Å².